The van der Waals surface area contributed by atoms with Crippen LogP contribution < -0.4 is 10.1 Å². The Morgan fingerprint density at radius 2 is 2.09 bits per heavy atom. The van der Waals surface area contributed by atoms with E-state index < -0.39 is 0 Å². The van der Waals surface area contributed by atoms with Gasteiger partial charge in [-0.05, 0) is 68.2 Å². The number of anilines is 1. The molecule has 34 heavy (non-hydrogen) atoms. The predicted molar refractivity (Wildman–Crippen MR) is 131 cm³/mol. The van der Waals surface area contributed by atoms with Crippen molar-refractivity contribution in [3.05, 3.63) is 70.6 Å². The number of rotatable bonds is 5. The summed E-state index contributed by atoms with van der Waals surface area (Å²) in [4.78, 5) is 19.0. The van der Waals surface area contributed by atoms with Gasteiger partial charge in [-0.1, -0.05) is 41.9 Å². The van der Waals surface area contributed by atoms with Gasteiger partial charge in [-0.25, -0.2) is 9.78 Å². The third kappa shape index (κ3) is 4.98. The first-order valence-corrected chi connectivity index (χ1v) is 11.9. The zero-order chi connectivity index (χ0) is 23.7. The molecule has 7 heteroatoms. The minimum absolute atomic E-state index is 0.141. The lowest BCUT2D eigenvalue weighted by atomic mass is 9.91. The molecule has 1 aliphatic heterocycles. The number of aromatic nitrogens is 2. The number of hydrogen-bond acceptors (Lipinski definition) is 5. The molecule has 1 saturated carbocycles. The molecule has 2 aromatic heterocycles. The molecule has 2 aliphatic rings. The number of pyridine rings is 1. The highest BCUT2D eigenvalue weighted by molar-refractivity contribution is 5.89. The third-order valence-corrected chi connectivity index (χ3v) is 6.71. The highest BCUT2D eigenvalue weighted by atomic mass is 16.5. The van der Waals surface area contributed by atoms with Gasteiger partial charge >= 0.3 is 6.03 Å². The fourth-order valence-electron chi connectivity index (χ4n) is 4.28. The number of benzene rings is 1. The lowest BCUT2D eigenvalue weighted by Gasteiger charge is -2.33. The highest BCUT2D eigenvalue weighted by Crippen LogP contribution is 2.40. The molecule has 0 spiro atoms. The maximum Gasteiger partial charge on any atom is 0.323 e. The van der Waals surface area contributed by atoms with Gasteiger partial charge in [0, 0.05) is 30.9 Å². The van der Waals surface area contributed by atoms with Gasteiger partial charge in [0.1, 0.15) is 11.5 Å². The Morgan fingerprint density at radius 3 is 2.76 bits per heavy atom. The number of likely N-dealkylation sites (tertiary alicyclic amines) is 1. The van der Waals surface area contributed by atoms with Crippen LogP contribution in [0.25, 0.3) is 6.08 Å². The van der Waals surface area contributed by atoms with Gasteiger partial charge in [0.15, 0.2) is 5.82 Å². The molecule has 3 heterocycles. The summed E-state index contributed by atoms with van der Waals surface area (Å²) >= 11 is 0. The monoisotopic (exact) mass is 458 g/mol. The average Bonchev–Trinajstić information content (AvgIpc) is 3.64. The van der Waals surface area contributed by atoms with E-state index in [2.05, 4.69) is 40.6 Å². The van der Waals surface area contributed by atoms with E-state index >= 15 is 0 Å². The number of amides is 2. The molecule has 1 aromatic carbocycles. The van der Waals surface area contributed by atoms with Crippen molar-refractivity contribution < 1.29 is 14.1 Å². The summed E-state index contributed by atoms with van der Waals surface area (Å²) in [6.45, 7) is 7.19. The van der Waals surface area contributed by atoms with Crippen molar-refractivity contribution >= 4 is 17.9 Å². The van der Waals surface area contributed by atoms with Gasteiger partial charge in [0.05, 0.1) is 0 Å². The Hall–Kier alpha value is -3.61. The molecule has 7 nitrogen and oxygen atoms in total. The van der Waals surface area contributed by atoms with Crippen LogP contribution in [0, 0.1) is 19.8 Å². The lowest BCUT2D eigenvalue weighted by Crippen LogP contribution is -2.42. The number of urea groups is 1. The summed E-state index contributed by atoms with van der Waals surface area (Å²) in [5, 5.41) is 6.80. The van der Waals surface area contributed by atoms with E-state index in [4.69, 9.17) is 9.26 Å². The smallest absolute Gasteiger partial charge is 0.323 e. The highest BCUT2D eigenvalue weighted by Gasteiger charge is 2.26. The van der Waals surface area contributed by atoms with Gasteiger partial charge in [-0.3, -0.25) is 5.32 Å². The quantitative estimate of drug-likeness (QED) is 0.484. The molecule has 1 atom stereocenters. The molecule has 1 aliphatic carbocycles. The van der Waals surface area contributed by atoms with Gasteiger partial charge in [0.25, 0.3) is 0 Å². The first-order chi connectivity index (χ1) is 16.5. The molecule has 5 rings (SSSR count). The lowest BCUT2D eigenvalue weighted by molar-refractivity contribution is 0.197. The number of aryl methyl sites for hydroxylation is 1. The molecule has 2 fully saturated rings. The molecule has 3 aromatic rings. The van der Waals surface area contributed by atoms with Crippen molar-refractivity contribution in [2.24, 2.45) is 5.92 Å². The molecular weight excluding hydrogens is 428 g/mol. The SMILES string of the molecule is Cc1onc(NC(=O)N2CC/C(=C\c3cccc(Oc4ccc(C5CC5)cn4)c3)C(C)C2)c1C. The van der Waals surface area contributed by atoms with Gasteiger partial charge in [-0.15, -0.1) is 0 Å². The van der Waals surface area contributed by atoms with Gasteiger partial charge < -0.3 is 14.2 Å². The van der Waals surface area contributed by atoms with E-state index in [1.807, 2.05) is 49.2 Å². The van der Waals surface area contributed by atoms with Crippen LogP contribution in [-0.4, -0.2) is 34.2 Å². The summed E-state index contributed by atoms with van der Waals surface area (Å²) in [7, 11) is 0. The first kappa shape index (κ1) is 22.2. The molecule has 1 N–H and O–H groups in total. The van der Waals surface area contributed by atoms with Crippen molar-refractivity contribution in [1.29, 1.82) is 0 Å². The second kappa shape index (κ2) is 9.33. The van der Waals surface area contributed by atoms with Crippen LogP contribution >= 0.6 is 0 Å². The number of nitrogens with zero attached hydrogens (tertiary/aromatic N) is 3. The molecular formula is C27H30N4O3. The number of carbonyl (C=O) groups excluding carboxylic acids is 1. The van der Waals surface area contributed by atoms with Crippen molar-refractivity contribution in [2.45, 2.75) is 46.0 Å². The zero-order valence-corrected chi connectivity index (χ0v) is 19.9. The van der Waals surface area contributed by atoms with E-state index in [-0.39, 0.29) is 11.9 Å². The molecule has 0 bridgehead atoms. The normalized spacial score (nSPS) is 19.3. The second-order valence-electron chi connectivity index (χ2n) is 9.34. The zero-order valence-electron chi connectivity index (χ0n) is 19.9. The minimum atomic E-state index is -0.141. The Bertz CT molecular complexity index is 1210. The molecule has 1 unspecified atom stereocenters. The number of piperidine rings is 1. The standard InChI is InChI=1S/C27H30N4O3/c1-17-16-31(27(32)29-26-18(2)19(3)34-30-26)12-11-22(17)13-20-5-4-6-24(14-20)33-25-10-9-23(15-28-25)21-7-8-21/h4-6,9-10,13-15,17,21H,7-8,11-12,16H2,1-3H3,(H,29,30,32)/b22-13+. The predicted octanol–water partition coefficient (Wildman–Crippen LogP) is 6.31. The summed E-state index contributed by atoms with van der Waals surface area (Å²) in [6.07, 6.45) is 7.48. The van der Waals surface area contributed by atoms with E-state index in [9.17, 15) is 4.79 Å². The van der Waals surface area contributed by atoms with Crippen LogP contribution in [-0.2, 0) is 0 Å². The number of nitrogens with one attached hydrogen (secondary N) is 1. The van der Waals surface area contributed by atoms with Crippen LogP contribution in [0.15, 0.2) is 52.7 Å². The fraction of sp³-hybridized carbons (Fsp3) is 0.370. The van der Waals surface area contributed by atoms with Gasteiger partial charge in [0.2, 0.25) is 5.88 Å². The Balaban J connectivity index is 1.21. The van der Waals surface area contributed by atoms with E-state index in [0.717, 1.165) is 23.3 Å². The van der Waals surface area contributed by atoms with E-state index in [1.165, 1.54) is 24.0 Å². The fourth-order valence-corrected chi connectivity index (χ4v) is 4.28. The van der Waals surface area contributed by atoms with Crippen molar-refractivity contribution in [3.63, 3.8) is 0 Å². The molecule has 1 saturated heterocycles. The Kier molecular flexibility index (Phi) is 6.09. The number of carbonyl (C=O) groups is 1. The average molecular weight is 459 g/mol. The Labute approximate surface area is 199 Å². The topological polar surface area (TPSA) is 80.5 Å². The van der Waals surface area contributed by atoms with Crippen LogP contribution in [0.1, 0.15) is 54.6 Å². The third-order valence-electron chi connectivity index (χ3n) is 6.71. The van der Waals surface area contributed by atoms with Crippen LogP contribution in [0.2, 0.25) is 0 Å². The minimum Gasteiger partial charge on any atom is -0.439 e. The van der Waals surface area contributed by atoms with Gasteiger partial charge in [-0.2, -0.15) is 0 Å². The first-order valence-electron chi connectivity index (χ1n) is 11.9. The maximum atomic E-state index is 12.7. The van der Waals surface area contributed by atoms with Crippen LogP contribution in [0.4, 0.5) is 10.6 Å². The summed E-state index contributed by atoms with van der Waals surface area (Å²) in [6, 6.07) is 12.0. The molecule has 0 radical (unpaired) electrons. The molecule has 2 amide bonds. The van der Waals surface area contributed by atoms with Crippen LogP contribution in [0.5, 0.6) is 11.6 Å². The van der Waals surface area contributed by atoms with E-state index in [0.29, 0.717) is 36.5 Å². The Morgan fingerprint density at radius 1 is 1.24 bits per heavy atom. The number of hydrogen-bond donors (Lipinski definition) is 1. The van der Waals surface area contributed by atoms with Crippen LogP contribution in [0.3, 0.4) is 0 Å². The summed E-state index contributed by atoms with van der Waals surface area (Å²) in [5.41, 5.74) is 4.56. The van der Waals surface area contributed by atoms with Crippen molar-refractivity contribution in [2.75, 3.05) is 18.4 Å². The maximum absolute atomic E-state index is 12.7. The second-order valence-corrected chi connectivity index (χ2v) is 9.34. The largest absolute Gasteiger partial charge is 0.439 e. The van der Waals surface area contributed by atoms with Crippen molar-refractivity contribution in [3.8, 4) is 11.6 Å². The molecule has 176 valence electrons. The number of ether oxygens (including phenoxy) is 1. The summed E-state index contributed by atoms with van der Waals surface area (Å²) in [5.74, 6) is 3.52. The van der Waals surface area contributed by atoms with E-state index in [1.54, 1.807) is 0 Å². The van der Waals surface area contributed by atoms with Crippen molar-refractivity contribution in [1.82, 2.24) is 15.0 Å². The summed E-state index contributed by atoms with van der Waals surface area (Å²) < 4.78 is 11.1.